The summed E-state index contributed by atoms with van der Waals surface area (Å²) < 4.78 is 32.8. The van der Waals surface area contributed by atoms with Gasteiger partial charge in [-0.05, 0) is 58.2 Å². The van der Waals surface area contributed by atoms with Gasteiger partial charge in [0.2, 0.25) is 10.0 Å². The third kappa shape index (κ3) is 3.51. The predicted molar refractivity (Wildman–Crippen MR) is 102 cm³/mol. The third-order valence-electron chi connectivity index (χ3n) is 4.85. The van der Waals surface area contributed by atoms with E-state index >= 15 is 0 Å². The van der Waals surface area contributed by atoms with Gasteiger partial charge in [0.15, 0.2) is 0 Å². The highest BCUT2D eigenvalue weighted by Crippen LogP contribution is 2.36. The molecule has 0 radical (unpaired) electrons. The van der Waals surface area contributed by atoms with Crippen molar-refractivity contribution in [3.8, 4) is 0 Å². The van der Waals surface area contributed by atoms with Crippen molar-refractivity contribution < 1.29 is 22.7 Å². The standard InChI is InChI=1S/C19H24N2O5S/c1-4-26-19(23)16-7-5-6-10-21(16)27(24,25)13-8-9-15-14(11-13)17(12(2)3)18(22)20-15/h8-9,11,16H,4-7,10H2,1-3H3,(H,20,22). The molecule has 1 atom stereocenters. The Morgan fingerprint density at radius 1 is 1.30 bits per heavy atom. The van der Waals surface area contributed by atoms with Crippen LogP contribution in [0.1, 0.15) is 45.6 Å². The fourth-order valence-electron chi connectivity index (χ4n) is 3.61. The van der Waals surface area contributed by atoms with Crippen LogP contribution in [0.5, 0.6) is 0 Å². The van der Waals surface area contributed by atoms with Crippen LogP contribution in [0, 0.1) is 0 Å². The first-order valence-corrected chi connectivity index (χ1v) is 10.5. The zero-order chi connectivity index (χ0) is 19.8. The number of allylic oxidation sites excluding steroid dienone is 1. The number of carbonyl (C=O) groups excluding carboxylic acids is 2. The highest BCUT2D eigenvalue weighted by Gasteiger charge is 2.39. The summed E-state index contributed by atoms with van der Waals surface area (Å²) in [6.45, 7) is 5.81. The number of carbonyl (C=O) groups is 2. The van der Waals surface area contributed by atoms with Crippen LogP contribution in [0.15, 0.2) is 28.7 Å². The molecule has 2 aliphatic rings. The van der Waals surface area contributed by atoms with Crippen molar-refractivity contribution in [1.82, 2.24) is 4.31 Å². The van der Waals surface area contributed by atoms with Crippen LogP contribution in [0.2, 0.25) is 0 Å². The van der Waals surface area contributed by atoms with E-state index in [0.29, 0.717) is 29.7 Å². The Bertz CT molecular complexity index is 916. The number of piperidine rings is 1. The maximum absolute atomic E-state index is 13.3. The molecular formula is C19H24N2O5S. The first-order chi connectivity index (χ1) is 12.8. The number of nitrogens with one attached hydrogen (secondary N) is 1. The Kier molecular flexibility index (Phi) is 5.39. The van der Waals surface area contributed by atoms with Gasteiger partial charge in [-0.25, -0.2) is 8.42 Å². The number of anilines is 1. The highest BCUT2D eigenvalue weighted by molar-refractivity contribution is 7.89. The van der Waals surface area contributed by atoms with Gasteiger partial charge in [0.25, 0.3) is 5.91 Å². The molecule has 1 amide bonds. The maximum Gasteiger partial charge on any atom is 0.324 e. The SMILES string of the molecule is CCOC(=O)C1CCCCN1S(=O)(=O)c1ccc2c(c1)C(=C(C)C)C(=O)N2. The predicted octanol–water partition coefficient (Wildman–Crippen LogP) is 2.54. The summed E-state index contributed by atoms with van der Waals surface area (Å²) in [5.74, 6) is -0.745. The number of benzene rings is 1. The summed E-state index contributed by atoms with van der Waals surface area (Å²) in [7, 11) is -3.89. The van der Waals surface area contributed by atoms with Gasteiger partial charge in [-0.15, -0.1) is 0 Å². The van der Waals surface area contributed by atoms with Gasteiger partial charge in [0.1, 0.15) is 6.04 Å². The van der Waals surface area contributed by atoms with Gasteiger partial charge in [-0.3, -0.25) is 9.59 Å². The molecule has 0 aromatic heterocycles. The Labute approximate surface area is 159 Å². The minimum absolute atomic E-state index is 0.0766. The highest BCUT2D eigenvalue weighted by atomic mass is 32.2. The summed E-state index contributed by atoms with van der Waals surface area (Å²) >= 11 is 0. The fraction of sp³-hybridized carbons (Fsp3) is 0.474. The third-order valence-corrected chi connectivity index (χ3v) is 6.76. The van der Waals surface area contributed by atoms with E-state index in [1.807, 2.05) is 13.8 Å². The number of esters is 1. The first kappa shape index (κ1) is 19.6. The number of hydrogen-bond donors (Lipinski definition) is 1. The van der Waals surface area contributed by atoms with Crippen molar-refractivity contribution in [2.45, 2.75) is 51.0 Å². The summed E-state index contributed by atoms with van der Waals surface area (Å²) in [6, 6.07) is 3.78. The molecule has 3 rings (SSSR count). The van der Waals surface area contributed by atoms with Gasteiger partial charge < -0.3 is 10.1 Å². The molecule has 0 saturated carbocycles. The van der Waals surface area contributed by atoms with Crippen molar-refractivity contribution in [1.29, 1.82) is 0 Å². The van der Waals surface area contributed by atoms with Crippen molar-refractivity contribution in [3.05, 3.63) is 29.3 Å². The average Bonchev–Trinajstić information content (AvgIpc) is 2.96. The van der Waals surface area contributed by atoms with E-state index in [0.717, 1.165) is 12.0 Å². The number of nitrogens with zero attached hydrogens (tertiary/aromatic N) is 1. The van der Waals surface area contributed by atoms with E-state index in [2.05, 4.69) is 5.32 Å². The summed E-state index contributed by atoms with van der Waals surface area (Å²) in [4.78, 5) is 24.5. The van der Waals surface area contributed by atoms with Crippen molar-refractivity contribution >= 4 is 33.2 Å². The molecule has 1 unspecified atom stereocenters. The van der Waals surface area contributed by atoms with Crippen LogP contribution in [0.4, 0.5) is 5.69 Å². The quantitative estimate of drug-likeness (QED) is 0.628. The molecule has 8 heteroatoms. The van der Waals surface area contributed by atoms with Crippen molar-refractivity contribution in [3.63, 3.8) is 0 Å². The minimum Gasteiger partial charge on any atom is -0.465 e. The Morgan fingerprint density at radius 2 is 2.04 bits per heavy atom. The summed E-state index contributed by atoms with van der Waals surface area (Å²) in [6.07, 6.45) is 1.92. The molecule has 0 bridgehead atoms. The van der Waals surface area contributed by atoms with E-state index in [9.17, 15) is 18.0 Å². The van der Waals surface area contributed by atoms with E-state index in [4.69, 9.17) is 4.74 Å². The topological polar surface area (TPSA) is 92.8 Å². The molecule has 1 saturated heterocycles. The van der Waals surface area contributed by atoms with Gasteiger partial charge in [0.05, 0.1) is 11.5 Å². The second-order valence-electron chi connectivity index (χ2n) is 6.92. The molecule has 7 nitrogen and oxygen atoms in total. The molecule has 2 aliphatic heterocycles. The van der Waals surface area contributed by atoms with E-state index in [1.165, 1.54) is 16.4 Å². The summed E-state index contributed by atoms with van der Waals surface area (Å²) in [5.41, 5.74) is 2.47. The smallest absolute Gasteiger partial charge is 0.324 e. The monoisotopic (exact) mass is 392 g/mol. The number of ether oxygens (including phenoxy) is 1. The lowest BCUT2D eigenvalue weighted by atomic mass is 10.0. The van der Waals surface area contributed by atoms with E-state index in [1.54, 1.807) is 13.0 Å². The minimum atomic E-state index is -3.89. The van der Waals surface area contributed by atoms with Crippen LogP contribution >= 0.6 is 0 Å². The summed E-state index contributed by atoms with van der Waals surface area (Å²) in [5, 5.41) is 2.75. The second kappa shape index (κ2) is 7.44. The second-order valence-corrected chi connectivity index (χ2v) is 8.81. The Hall–Kier alpha value is -2.19. The van der Waals surface area contributed by atoms with Gasteiger partial charge >= 0.3 is 5.97 Å². The molecule has 146 valence electrons. The van der Waals surface area contributed by atoms with Crippen molar-refractivity contribution in [2.75, 3.05) is 18.5 Å². The number of sulfonamides is 1. The van der Waals surface area contributed by atoms with E-state index < -0.39 is 22.0 Å². The Morgan fingerprint density at radius 3 is 2.70 bits per heavy atom. The van der Waals surface area contributed by atoms with Gasteiger partial charge in [-0.1, -0.05) is 5.57 Å². The van der Waals surface area contributed by atoms with Crippen molar-refractivity contribution in [2.24, 2.45) is 0 Å². The van der Waals surface area contributed by atoms with Crippen LogP contribution in [0.3, 0.4) is 0 Å². The number of fused-ring (bicyclic) bond motifs is 1. The number of amides is 1. The lowest BCUT2D eigenvalue weighted by Crippen LogP contribution is -2.48. The molecule has 1 aromatic carbocycles. The number of hydrogen-bond acceptors (Lipinski definition) is 5. The Balaban J connectivity index is 2.02. The molecule has 0 spiro atoms. The van der Waals surface area contributed by atoms with Crippen LogP contribution in [0.25, 0.3) is 5.57 Å². The van der Waals surface area contributed by atoms with Crippen LogP contribution in [-0.2, 0) is 24.3 Å². The average molecular weight is 392 g/mol. The van der Waals surface area contributed by atoms with Gasteiger partial charge in [0, 0.05) is 23.4 Å². The maximum atomic E-state index is 13.3. The molecule has 0 aliphatic carbocycles. The lowest BCUT2D eigenvalue weighted by molar-refractivity contribution is -0.148. The van der Waals surface area contributed by atoms with Crippen LogP contribution in [-0.4, -0.2) is 43.8 Å². The van der Waals surface area contributed by atoms with Gasteiger partial charge in [-0.2, -0.15) is 4.31 Å². The normalized spacial score (nSPS) is 20.2. The molecule has 2 heterocycles. The van der Waals surface area contributed by atoms with Crippen LogP contribution < -0.4 is 5.32 Å². The fourth-order valence-corrected chi connectivity index (χ4v) is 5.28. The molecular weight excluding hydrogens is 368 g/mol. The molecule has 27 heavy (non-hydrogen) atoms. The first-order valence-electron chi connectivity index (χ1n) is 9.09. The zero-order valence-corrected chi connectivity index (χ0v) is 16.6. The largest absolute Gasteiger partial charge is 0.465 e. The van der Waals surface area contributed by atoms with E-state index in [-0.39, 0.29) is 24.0 Å². The zero-order valence-electron chi connectivity index (χ0n) is 15.7. The molecule has 1 fully saturated rings. The lowest BCUT2D eigenvalue weighted by Gasteiger charge is -2.33. The molecule has 1 aromatic rings. The number of rotatable bonds is 4. The molecule has 1 N–H and O–H groups in total.